The zero-order valence-electron chi connectivity index (χ0n) is 11.5. The zero-order chi connectivity index (χ0) is 13.9. The van der Waals surface area contributed by atoms with Gasteiger partial charge in [0.15, 0.2) is 0 Å². The van der Waals surface area contributed by atoms with Crippen LogP contribution < -0.4 is 10.2 Å². The molecule has 1 fully saturated rings. The molecule has 0 unspecified atom stereocenters. The molecule has 0 saturated heterocycles. The highest BCUT2D eigenvalue weighted by atomic mass is 32.2. The summed E-state index contributed by atoms with van der Waals surface area (Å²) in [7, 11) is 1.67. The van der Waals surface area contributed by atoms with E-state index in [0.29, 0.717) is 6.04 Å². The number of hydrogen-bond donors (Lipinski definition) is 1. The molecule has 0 bridgehead atoms. The van der Waals surface area contributed by atoms with Crippen molar-refractivity contribution < 1.29 is 9.53 Å². The van der Waals surface area contributed by atoms with E-state index < -0.39 is 0 Å². The van der Waals surface area contributed by atoms with Gasteiger partial charge in [-0.2, -0.15) is 0 Å². The van der Waals surface area contributed by atoms with Gasteiger partial charge in [-0.25, -0.2) is 5.43 Å². The van der Waals surface area contributed by atoms with Crippen molar-refractivity contribution in [2.24, 2.45) is 0 Å². The largest absolute Gasteiger partial charge is 0.497 e. The lowest BCUT2D eigenvalue weighted by Gasteiger charge is -2.27. The predicted octanol–water partition coefficient (Wildman–Crippen LogP) is 2.32. The number of nitrogens with zero attached hydrogens (tertiary/aromatic N) is 1. The van der Waals surface area contributed by atoms with Gasteiger partial charge in [0.25, 0.3) is 5.91 Å². The van der Waals surface area contributed by atoms with Crippen LogP contribution in [-0.4, -0.2) is 30.6 Å². The Morgan fingerprint density at radius 3 is 2.70 bits per heavy atom. The first-order valence-corrected chi connectivity index (χ1v) is 7.78. The molecule has 1 aliphatic carbocycles. The van der Waals surface area contributed by atoms with Gasteiger partial charge in [-0.1, -0.05) is 12.1 Å². The molecule has 2 aliphatic rings. The van der Waals surface area contributed by atoms with Crippen LogP contribution in [0.15, 0.2) is 35.2 Å². The number of hydrazine groups is 1. The van der Waals surface area contributed by atoms with E-state index in [2.05, 4.69) is 17.6 Å². The van der Waals surface area contributed by atoms with Crippen molar-refractivity contribution in [2.45, 2.75) is 24.6 Å². The lowest BCUT2D eigenvalue weighted by molar-refractivity contribution is -0.130. The van der Waals surface area contributed by atoms with Gasteiger partial charge >= 0.3 is 0 Å². The van der Waals surface area contributed by atoms with E-state index in [0.717, 1.165) is 35.8 Å². The van der Waals surface area contributed by atoms with Gasteiger partial charge in [-0.05, 0) is 30.5 Å². The SMILES string of the molecule is COc1ccc(CSC2=CC(=O)N(C3CC3)NC2)cc1. The van der Waals surface area contributed by atoms with Crippen LogP contribution in [-0.2, 0) is 10.5 Å². The Morgan fingerprint density at radius 1 is 1.35 bits per heavy atom. The van der Waals surface area contributed by atoms with E-state index in [9.17, 15) is 4.79 Å². The fourth-order valence-corrected chi connectivity index (χ4v) is 3.03. The summed E-state index contributed by atoms with van der Waals surface area (Å²) in [6.45, 7) is 0.753. The average Bonchev–Trinajstić information content (AvgIpc) is 3.30. The second-order valence-corrected chi connectivity index (χ2v) is 6.12. The minimum atomic E-state index is 0.0935. The molecule has 1 amide bonds. The van der Waals surface area contributed by atoms with Crippen LogP contribution in [0.4, 0.5) is 0 Å². The summed E-state index contributed by atoms with van der Waals surface area (Å²) in [6, 6.07) is 8.46. The topological polar surface area (TPSA) is 41.6 Å². The maximum absolute atomic E-state index is 11.9. The number of carbonyl (C=O) groups is 1. The van der Waals surface area contributed by atoms with Gasteiger partial charge in [-0.15, -0.1) is 11.8 Å². The van der Waals surface area contributed by atoms with Gasteiger partial charge in [0.2, 0.25) is 0 Å². The highest BCUT2D eigenvalue weighted by Gasteiger charge is 2.33. The third-order valence-corrected chi connectivity index (χ3v) is 4.55. The van der Waals surface area contributed by atoms with E-state index in [-0.39, 0.29) is 5.91 Å². The number of amides is 1. The van der Waals surface area contributed by atoms with E-state index in [1.807, 2.05) is 12.1 Å². The van der Waals surface area contributed by atoms with E-state index >= 15 is 0 Å². The number of ether oxygens (including phenoxy) is 1. The number of rotatable bonds is 5. The van der Waals surface area contributed by atoms with Crippen molar-refractivity contribution in [3.8, 4) is 5.75 Å². The van der Waals surface area contributed by atoms with Crippen LogP contribution in [0, 0.1) is 0 Å². The van der Waals surface area contributed by atoms with E-state index in [4.69, 9.17) is 4.74 Å². The maximum Gasteiger partial charge on any atom is 0.261 e. The third kappa shape index (κ3) is 3.16. The van der Waals surface area contributed by atoms with Gasteiger partial charge in [0.05, 0.1) is 7.11 Å². The van der Waals surface area contributed by atoms with Crippen LogP contribution in [0.25, 0.3) is 0 Å². The molecule has 1 aromatic carbocycles. The molecule has 4 nitrogen and oxygen atoms in total. The predicted molar refractivity (Wildman–Crippen MR) is 80.2 cm³/mol. The number of benzene rings is 1. The minimum Gasteiger partial charge on any atom is -0.497 e. The van der Waals surface area contributed by atoms with Crippen LogP contribution >= 0.6 is 11.8 Å². The van der Waals surface area contributed by atoms with Crippen molar-refractivity contribution in [1.29, 1.82) is 0 Å². The van der Waals surface area contributed by atoms with Crippen molar-refractivity contribution >= 4 is 17.7 Å². The first kappa shape index (κ1) is 13.5. The minimum absolute atomic E-state index is 0.0935. The molecule has 106 valence electrons. The smallest absolute Gasteiger partial charge is 0.261 e. The van der Waals surface area contributed by atoms with E-state index in [1.54, 1.807) is 30.0 Å². The summed E-state index contributed by atoms with van der Waals surface area (Å²) in [5.74, 6) is 1.83. The molecule has 5 heteroatoms. The molecular weight excluding hydrogens is 272 g/mol. The summed E-state index contributed by atoms with van der Waals surface area (Å²) in [5, 5.41) is 1.78. The number of hydrogen-bond acceptors (Lipinski definition) is 4. The van der Waals surface area contributed by atoms with Crippen LogP contribution in [0.1, 0.15) is 18.4 Å². The molecule has 20 heavy (non-hydrogen) atoms. The summed E-state index contributed by atoms with van der Waals surface area (Å²) in [5.41, 5.74) is 4.44. The third-order valence-electron chi connectivity index (χ3n) is 3.44. The monoisotopic (exact) mass is 290 g/mol. The second kappa shape index (κ2) is 5.89. The van der Waals surface area contributed by atoms with Gasteiger partial charge < -0.3 is 4.74 Å². The standard InChI is InChI=1S/C15H18N2O2S/c1-19-13-6-2-11(3-7-13)10-20-14-8-15(18)17(16-9-14)12-4-5-12/h2-3,6-8,12,16H,4-5,9-10H2,1H3. The van der Waals surface area contributed by atoms with Gasteiger partial charge in [0.1, 0.15) is 5.75 Å². The first-order chi connectivity index (χ1) is 9.76. The fourth-order valence-electron chi connectivity index (χ4n) is 2.13. The number of nitrogens with one attached hydrogen (secondary N) is 1. The quantitative estimate of drug-likeness (QED) is 0.903. The van der Waals surface area contributed by atoms with E-state index in [1.165, 1.54) is 5.56 Å². The average molecular weight is 290 g/mol. The molecule has 0 radical (unpaired) electrons. The first-order valence-electron chi connectivity index (χ1n) is 6.79. The van der Waals surface area contributed by atoms with Crippen LogP contribution in [0.5, 0.6) is 5.75 Å². The summed E-state index contributed by atoms with van der Waals surface area (Å²) in [4.78, 5) is 13.0. The normalized spacial score (nSPS) is 18.9. The maximum atomic E-state index is 11.9. The van der Waals surface area contributed by atoms with Crippen molar-refractivity contribution in [1.82, 2.24) is 10.4 Å². The Hall–Kier alpha value is -1.46. The summed E-state index contributed by atoms with van der Waals surface area (Å²) < 4.78 is 5.14. The fraction of sp³-hybridized carbons (Fsp3) is 0.400. The summed E-state index contributed by atoms with van der Waals surface area (Å²) >= 11 is 1.71. The van der Waals surface area contributed by atoms with Crippen LogP contribution in [0.2, 0.25) is 0 Å². The molecule has 1 heterocycles. The molecule has 0 atom stereocenters. The lowest BCUT2D eigenvalue weighted by Crippen LogP contribution is -2.47. The Kier molecular flexibility index (Phi) is 3.98. The zero-order valence-corrected chi connectivity index (χ0v) is 12.3. The highest BCUT2D eigenvalue weighted by molar-refractivity contribution is 8.02. The lowest BCUT2D eigenvalue weighted by atomic mass is 10.2. The number of carbonyl (C=O) groups excluding carboxylic acids is 1. The second-order valence-electron chi connectivity index (χ2n) is 5.02. The van der Waals surface area contributed by atoms with Gasteiger partial charge in [0, 0.05) is 29.3 Å². The Balaban J connectivity index is 1.55. The molecule has 1 aromatic rings. The Labute approximate surface area is 123 Å². The number of methoxy groups -OCH3 is 1. The highest BCUT2D eigenvalue weighted by Crippen LogP contribution is 2.29. The molecule has 1 N–H and O–H groups in total. The van der Waals surface area contributed by atoms with Crippen molar-refractivity contribution in [3.05, 3.63) is 40.8 Å². The number of thioether (sulfide) groups is 1. The Morgan fingerprint density at radius 2 is 2.10 bits per heavy atom. The molecule has 1 aliphatic heterocycles. The molecule has 3 rings (SSSR count). The summed E-state index contributed by atoms with van der Waals surface area (Å²) in [6.07, 6.45) is 4.02. The molecular formula is C15H18N2O2S. The molecule has 1 saturated carbocycles. The van der Waals surface area contributed by atoms with Crippen LogP contribution in [0.3, 0.4) is 0 Å². The van der Waals surface area contributed by atoms with Gasteiger partial charge in [-0.3, -0.25) is 9.80 Å². The molecule has 0 spiro atoms. The molecule has 0 aromatic heterocycles. The van der Waals surface area contributed by atoms with Crippen molar-refractivity contribution in [2.75, 3.05) is 13.7 Å². The van der Waals surface area contributed by atoms with Crippen molar-refractivity contribution in [3.63, 3.8) is 0 Å². The Bertz CT molecular complexity index is 523.